The van der Waals surface area contributed by atoms with E-state index >= 15 is 0 Å². The molecule has 1 amide bonds. The lowest BCUT2D eigenvalue weighted by atomic mass is 10.2. The Labute approximate surface area is 131 Å². The van der Waals surface area contributed by atoms with Crippen LogP contribution in [0.1, 0.15) is 17.3 Å². The Bertz CT molecular complexity index is 842. The van der Waals surface area contributed by atoms with Crippen LogP contribution in [0.2, 0.25) is 5.28 Å². The highest BCUT2D eigenvalue weighted by Gasteiger charge is 2.12. The van der Waals surface area contributed by atoms with Gasteiger partial charge in [0, 0.05) is 17.8 Å². The van der Waals surface area contributed by atoms with Crippen LogP contribution in [-0.4, -0.2) is 25.4 Å². The molecule has 0 spiro atoms. The number of primary amides is 1. The molecule has 0 bridgehead atoms. The number of nitrogens with two attached hydrogens (primary N) is 1. The van der Waals surface area contributed by atoms with Crippen LogP contribution >= 0.6 is 11.6 Å². The van der Waals surface area contributed by atoms with E-state index in [2.05, 4.69) is 20.3 Å². The fourth-order valence-corrected chi connectivity index (χ4v) is 2.26. The number of nitrogens with zero attached hydrogens (tertiary/aromatic N) is 4. The van der Waals surface area contributed by atoms with Crippen LogP contribution < -0.4 is 11.1 Å². The smallest absolute Gasteiger partial charge is 0.248 e. The second-order valence-electron chi connectivity index (χ2n) is 4.61. The average molecular weight is 317 g/mol. The van der Waals surface area contributed by atoms with Crippen LogP contribution in [-0.2, 0) is 6.54 Å². The number of halogens is 1. The highest BCUT2D eigenvalue weighted by Crippen LogP contribution is 2.24. The number of hydrogen-bond acceptors (Lipinski definition) is 5. The van der Waals surface area contributed by atoms with Crippen LogP contribution in [0.5, 0.6) is 0 Å². The average Bonchev–Trinajstić information content (AvgIpc) is 2.90. The number of benzene rings is 1. The van der Waals surface area contributed by atoms with E-state index in [-0.39, 0.29) is 5.28 Å². The van der Waals surface area contributed by atoms with Crippen LogP contribution in [0.3, 0.4) is 0 Å². The fraction of sp³-hybridized carbons (Fsp3) is 0.143. The van der Waals surface area contributed by atoms with Gasteiger partial charge in [-0.2, -0.15) is 9.97 Å². The third-order valence-electron chi connectivity index (χ3n) is 3.21. The summed E-state index contributed by atoms with van der Waals surface area (Å²) in [4.78, 5) is 23.8. The van der Waals surface area contributed by atoms with E-state index in [0.29, 0.717) is 22.5 Å². The molecule has 0 saturated carbocycles. The second kappa shape index (κ2) is 5.61. The van der Waals surface area contributed by atoms with E-state index in [1.54, 1.807) is 30.6 Å². The molecule has 0 unspecified atom stereocenters. The molecule has 0 aliphatic rings. The van der Waals surface area contributed by atoms with E-state index in [9.17, 15) is 4.79 Å². The molecule has 0 fully saturated rings. The Morgan fingerprint density at radius 3 is 2.68 bits per heavy atom. The molecule has 0 atom stereocenters. The van der Waals surface area contributed by atoms with Crippen molar-refractivity contribution < 1.29 is 4.79 Å². The summed E-state index contributed by atoms with van der Waals surface area (Å²) in [6.45, 7) is 2.73. The van der Waals surface area contributed by atoms with Crippen molar-refractivity contribution in [1.29, 1.82) is 0 Å². The summed E-state index contributed by atoms with van der Waals surface area (Å²) in [5.74, 6) is 0.0368. The van der Waals surface area contributed by atoms with Gasteiger partial charge in [-0.3, -0.25) is 4.79 Å². The van der Waals surface area contributed by atoms with Crippen molar-refractivity contribution in [2.24, 2.45) is 5.73 Å². The maximum atomic E-state index is 11.1. The lowest BCUT2D eigenvalue weighted by Crippen LogP contribution is -2.10. The van der Waals surface area contributed by atoms with Crippen molar-refractivity contribution in [3.8, 4) is 0 Å². The molecule has 2 aromatic heterocycles. The lowest BCUT2D eigenvalue weighted by Gasteiger charge is -2.07. The minimum Gasteiger partial charge on any atom is -0.366 e. The number of carbonyl (C=O) groups excluding carboxylic acids is 1. The van der Waals surface area contributed by atoms with E-state index in [1.807, 2.05) is 11.5 Å². The topological polar surface area (TPSA) is 98.7 Å². The summed E-state index contributed by atoms with van der Waals surface area (Å²) in [6, 6.07) is 6.74. The number of aromatic nitrogens is 4. The van der Waals surface area contributed by atoms with Gasteiger partial charge in [0.25, 0.3) is 0 Å². The molecule has 0 saturated heterocycles. The summed E-state index contributed by atoms with van der Waals surface area (Å²) in [7, 11) is 0. The van der Waals surface area contributed by atoms with Crippen LogP contribution in [0.25, 0.3) is 11.2 Å². The number of imidazole rings is 1. The number of aryl methyl sites for hydroxylation is 1. The normalized spacial score (nSPS) is 10.8. The molecule has 1 aromatic carbocycles. The highest BCUT2D eigenvalue weighted by atomic mass is 35.5. The number of hydrogen-bond donors (Lipinski definition) is 2. The number of nitrogens with one attached hydrogen (secondary N) is 1. The summed E-state index contributed by atoms with van der Waals surface area (Å²) >= 11 is 5.98. The minimum atomic E-state index is -0.472. The molecule has 112 valence electrons. The summed E-state index contributed by atoms with van der Waals surface area (Å²) in [6.07, 6.45) is 1.69. The first kappa shape index (κ1) is 14.3. The van der Waals surface area contributed by atoms with Crippen LogP contribution in [0.4, 0.5) is 11.5 Å². The van der Waals surface area contributed by atoms with E-state index in [4.69, 9.17) is 17.3 Å². The van der Waals surface area contributed by atoms with E-state index in [0.717, 1.165) is 12.2 Å². The van der Waals surface area contributed by atoms with Gasteiger partial charge in [-0.25, -0.2) is 4.98 Å². The third-order valence-corrected chi connectivity index (χ3v) is 3.38. The van der Waals surface area contributed by atoms with Crippen molar-refractivity contribution in [2.45, 2.75) is 13.5 Å². The van der Waals surface area contributed by atoms with Gasteiger partial charge >= 0.3 is 0 Å². The lowest BCUT2D eigenvalue weighted by molar-refractivity contribution is 0.100. The van der Waals surface area contributed by atoms with Crippen molar-refractivity contribution in [3.63, 3.8) is 0 Å². The Morgan fingerprint density at radius 1 is 1.32 bits per heavy atom. The molecular formula is C14H13ClN6O. The van der Waals surface area contributed by atoms with Crippen molar-refractivity contribution in [2.75, 3.05) is 5.32 Å². The molecule has 3 aromatic rings. The molecule has 3 N–H and O–H groups in total. The largest absolute Gasteiger partial charge is 0.366 e. The molecule has 0 aliphatic carbocycles. The molecular weight excluding hydrogens is 304 g/mol. The number of rotatable bonds is 4. The Morgan fingerprint density at radius 2 is 2.05 bits per heavy atom. The number of anilines is 2. The molecule has 0 radical (unpaired) electrons. The predicted molar refractivity (Wildman–Crippen MR) is 84.2 cm³/mol. The Hall–Kier alpha value is -2.67. The van der Waals surface area contributed by atoms with Gasteiger partial charge < -0.3 is 15.6 Å². The monoisotopic (exact) mass is 316 g/mol. The number of amides is 1. The second-order valence-corrected chi connectivity index (χ2v) is 4.95. The number of carbonyl (C=O) groups is 1. The van der Waals surface area contributed by atoms with Gasteiger partial charge in [-0.15, -0.1) is 0 Å². The summed E-state index contributed by atoms with van der Waals surface area (Å²) in [5.41, 5.74) is 7.69. The van der Waals surface area contributed by atoms with Gasteiger partial charge in [0.05, 0.1) is 6.33 Å². The summed E-state index contributed by atoms with van der Waals surface area (Å²) < 4.78 is 1.88. The van der Waals surface area contributed by atoms with Gasteiger partial charge in [0.15, 0.2) is 17.0 Å². The zero-order chi connectivity index (χ0) is 15.7. The third kappa shape index (κ3) is 2.58. The fourth-order valence-electron chi connectivity index (χ4n) is 2.09. The van der Waals surface area contributed by atoms with Crippen LogP contribution in [0, 0.1) is 0 Å². The van der Waals surface area contributed by atoms with Crippen molar-refractivity contribution >= 4 is 40.2 Å². The molecule has 8 heteroatoms. The predicted octanol–water partition coefficient (Wildman–Crippen LogP) is 2.34. The van der Waals surface area contributed by atoms with Gasteiger partial charge in [-0.1, -0.05) is 0 Å². The number of fused-ring (bicyclic) bond motifs is 1. The minimum absolute atomic E-state index is 0.138. The van der Waals surface area contributed by atoms with Crippen molar-refractivity contribution in [3.05, 3.63) is 41.4 Å². The zero-order valence-electron chi connectivity index (χ0n) is 11.7. The van der Waals surface area contributed by atoms with Crippen molar-refractivity contribution in [1.82, 2.24) is 19.5 Å². The molecule has 22 heavy (non-hydrogen) atoms. The molecule has 0 aliphatic heterocycles. The Balaban J connectivity index is 1.99. The first-order chi connectivity index (χ1) is 10.6. The molecule has 3 rings (SSSR count). The first-order valence-electron chi connectivity index (χ1n) is 6.63. The van der Waals surface area contributed by atoms with E-state index < -0.39 is 5.91 Å². The van der Waals surface area contributed by atoms with Gasteiger partial charge in [-0.05, 0) is 42.8 Å². The SMILES string of the molecule is CCn1cnc2c(Nc3ccc(C(N)=O)cc3)nc(Cl)nc21. The maximum absolute atomic E-state index is 11.1. The van der Waals surface area contributed by atoms with Crippen LogP contribution in [0.15, 0.2) is 30.6 Å². The summed E-state index contributed by atoms with van der Waals surface area (Å²) in [5, 5.41) is 3.27. The quantitative estimate of drug-likeness (QED) is 0.720. The highest BCUT2D eigenvalue weighted by molar-refractivity contribution is 6.28. The Kier molecular flexibility index (Phi) is 3.64. The zero-order valence-corrected chi connectivity index (χ0v) is 12.5. The first-order valence-corrected chi connectivity index (χ1v) is 7.01. The van der Waals surface area contributed by atoms with Gasteiger partial charge in [0.2, 0.25) is 11.2 Å². The maximum Gasteiger partial charge on any atom is 0.248 e. The molecule has 7 nitrogen and oxygen atoms in total. The van der Waals surface area contributed by atoms with Gasteiger partial charge in [0.1, 0.15) is 0 Å². The molecule has 2 heterocycles. The van der Waals surface area contributed by atoms with E-state index in [1.165, 1.54) is 0 Å². The standard InChI is InChI=1S/C14H13ClN6O/c1-2-21-7-17-10-12(19-14(15)20-13(10)21)18-9-5-3-8(4-6-9)11(16)22/h3-7H,2H2,1H3,(H2,16,22)(H,18,19,20).